The predicted molar refractivity (Wildman–Crippen MR) is 78.4 cm³/mol. The van der Waals surface area contributed by atoms with E-state index in [0.29, 0.717) is 25.1 Å². The Hall–Kier alpha value is -2.24. The lowest BCUT2D eigenvalue weighted by Crippen LogP contribution is -2.47. The number of carboxylic acids is 1. The summed E-state index contributed by atoms with van der Waals surface area (Å²) in [5.74, 6) is -0.327. The molecule has 21 heavy (non-hydrogen) atoms. The molecule has 2 unspecified atom stereocenters. The molecule has 6 nitrogen and oxygen atoms in total. The molecule has 2 rings (SSSR count). The Bertz CT molecular complexity index is 518. The third kappa shape index (κ3) is 4.37. The number of para-hydroxylation sites is 2. The highest BCUT2D eigenvalue weighted by molar-refractivity contribution is 5.83. The number of fused-ring (bicyclic) bond motifs is 1. The second-order valence-electron chi connectivity index (χ2n) is 5.18. The molecule has 0 bridgehead atoms. The molecule has 114 valence electrons. The van der Waals surface area contributed by atoms with E-state index in [1.54, 1.807) is 0 Å². The molecule has 1 aliphatic rings. The van der Waals surface area contributed by atoms with Crippen LogP contribution in [0, 0.1) is 0 Å². The third-order valence-electron chi connectivity index (χ3n) is 3.34. The van der Waals surface area contributed by atoms with E-state index in [1.807, 2.05) is 31.2 Å². The molecule has 1 heterocycles. The number of carboxylic acid groups (broad SMARTS) is 1. The van der Waals surface area contributed by atoms with Crippen molar-refractivity contribution in [1.82, 2.24) is 5.32 Å². The Kier molecular flexibility index (Phi) is 5.03. The Morgan fingerprint density at radius 3 is 3.00 bits per heavy atom. The topological polar surface area (TPSA) is 87.7 Å². The van der Waals surface area contributed by atoms with Crippen molar-refractivity contribution < 1.29 is 19.4 Å². The van der Waals surface area contributed by atoms with Crippen LogP contribution in [0.1, 0.15) is 26.2 Å². The van der Waals surface area contributed by atoms with Gasteiger partial charge in [-0.05, 0) is 31.9 Å². The number of benzene rings is 1. The number of anilines is 1. The van der Waals surface area contributed by atoms with Gasteiger partial charge in [-0.1, -0.05) is 12.1 Å². The number of hydrogen-bond acceptors (Lipinski definition) is 4. The number of hydrogen-bond donors (Lipinski definition) is 3. The average Bonchev–Trinajstić information content (AvgIpc) is 2.46. The molecule has 0 fully saturated rings. The summed E-state index contributed by atoms with van der Waals surface area (Å²) in [5, 5.41) is 14.6. The maximum atomic E-state index is 12.1. The van der Waals surface area contributed by atoms with Crippen LogP contribution in [0.3, 0.4) is 0 Å². The maximum Gasteiger partial charge on any atom is 0.303 e. The van der Waals surface area contributed by atoms with Gasteiger partial charge in [0.2, 0.25) is 0 Å². The van der Waals surface area contributed by atoms with E-state index in [9.17, 15) is 9.59 Å². The van der Waals surface area contributed by atoms with E-state index in [2.05, 4.69) is 10.6 Å². The van der Waals surface area contributed by atoms with Crippen molar-refractivity contribution in [2.75, 3.05) is 11.9 Å². The minimum Gasteiger partial charge on any atom is -0.481 e. The van der Waals surface area contributed by atoms with Gasteiger partial charge in [0.05, 0.1) is 12.2 Å². The summed E-state index contributed by atoms with van der Waals surface area (Å²) >= 11 is 0. The van der Waals surface area contributed by atoms with Gasteiger partial charge < -0.3 is 20.5 Å². The smallest absolute Gasteiger partial charge is 0.303 e. The number of nitrogens with one attached hydrogen (secondary N) is 2. The van der Waals surface area contributed by atoms with E-state index in [0.717, 1.165) is 5.69 Å². The van der Waals surface area contributed by atoms with Gasteiger partial charge in [0.1, 0.15) is 5.75 Å². The van der Waals surface area contributed by atoms with Crippen molar-refractivity contribution in [3.05, 3.63) is 24.3 Å². The van der Waals surface area contributed by atoms with Crippen LogP contribution < -0.4 is 15.4 Å². The Labute approximate surface area is 123 Å². The number of rotatable bonds is 6. The van der Waals surface area contributed by atoms with Crippen LogP contribution >= 0.6 is 0 Å². The Morgan fingerprint density at radius 2 is 2.24 bits per heavy atom. The molecular formula is C15H20N2O4. The molecule has 1 aliphatic heterocycles. The van der Waals surface area contributed by atoms with Crippen molar-refractivity contribution in [1.29, 1.82) is 0 Å². The fourth-order valence-electron chi connectivity index (χ4n) is 2.23. The lowest BCUT2D eigenvalue weighted by Gasteiger charge is -2.27. The highest BCUT2D eigenvalue weighted by Crippen LogP contribution is 2.28. The van der Waals surface area contributed by atoms with Crippen molar-refractivity contribution in [2.45, 2.75) is 38.3 Å². The van der Waals surface area contributed by atoms with E-state index >= 15 is 0 Å². The molecule has 0 spiro atoms. The first-order valence-electron chi connectivity index (χ1n) is 7.08. The average molecular weight is 292 g/mol. The van der Waals surface area contributed by atoms with Gasteiger partial charge in [-0.25, -0.2) is 0 Å². The lowest BCUT2D eigenvalue weighted by molar-refractivity contribution is -0.137. The van der Waals surface area contributed by atoms with E-state index in [4.69, 9.17) is 9.84 Å². The number of ether oxygens (including phenoxy) is 1. The van der Waals surface area contributed by atoms with Crippen LogP contribution in [0.5, 0.6) is 5.75 Å². The third-order valence-corrected chi connectivity index (χ3v) is 3.34. The first-order valence-corrected chi connectivity index (χ1v) is 7.08. The lowest BCUT2D eigenvalue weighted by atomic mass is 10.1. The number of aliphatic carboxylic acids is 1. The van der Waals surface area contributed by atoms with Gasteiger partial charge in [0.15, 0.2) is 6.10 Å². The maximum absolute atomic E-state index is 12.1. The summed E-state index contributed by atoms with van der Waals surface area (Å²) in [7, 11) is 0. The summed E-state index contributed by atoms with van der Waals surface area (Å²) in [6.07, 6.45) is 0.731. The zero-order valence-electron chi connectivity index (χ0n) is 12.0. The molecule has 1 amide bonds. The zero-order valence-corrected chi connectivity index (χ0v) is 12.0. The molecule has 1 aromatic carbocycles. The monoisotopic (exact) mass is 292 g/mol. The molecule has 0 aromatic heterocycles. The van der Waals surface area contributed by atoms with Crippen LogP contribution in [0.4, 0.5) is 5.69 Å². The summed E-state index contributed by atoms with van der Waals surface area (Å²) in [6.45, 7) is 2.29. The van der Waals surface area contributed by atoms with Crippen LogP contribution in [-0.2, 0) is 9.59 Å². The summed E-state index contributed by atoms with van der Waals surface area (Å²) in [6, 6.07) is 7.41. The van der Waals surface area contributed by atoms with Gasteiger partial charge in [-0.3, -0.25) is 9.59 Å². The minimum absolute atomic E-state index is 0.0716. The Balaban J connectivity index is 1.80. The van der Waals surface area contributed by atoms with Gasteiger partial charge in [-0.15, -0.1) is 0 Å². The van der Waals surface area contributed by atoms with Crippen molar-refractivity contribution in [2.24, 2.45) is 0 Å². The first kappa shape index (κ1) is 15.2. The molecule has 0 saturated carbocycles. The highest BCUT2D eigenvalue weighted by Gasteiger charge is 2.26. The number of carbonyl (C=O) groups is 2. The second kappa shape index (κ2) is 6.97. The van der Waals surface area contributed by atoms with Gasteiger partial charge in [0, 0.05) is 12.5 Å². The first-order chi connectivity index (χ1) is 10.1. The molecule has 6 heteroatoms. The van der Waals surface area contributed by atoms with Gasteiger partial charge in [0.25, 0.3) is 5.91 Å². The number of carbonyl (C=O) groups excluding carboxylic acids is 1. The normalized spacial score (nSPS) is 17.9. The van der Waals surface area contributed by atoms with Crippen LogP contribution in [0.2, 0.25) is 0 Å². The fraction of sp³-hybridized carbons (Fsp3) is 0.467. The van der Waals surface area contributed by atoms with Crippen LogP contribution in [-0.4, -0.2) is 35.7 Å². The van der Waals surface area contributed by atoms with Crippen molar-refractivity contribution in [3.8, 4) is 5.75 Å². The largest absolute Gasteiger partial charge is 0.481 e. The van der Waals surface area contributed by atoms with Crippen LogP contribution in [0.25, 0.3) is 0 Å². The fourth-order valence-corrected chi connectivity index (χ4v) is 2.23. The minimum atomic E-state index is -0.815. The zero-order chi connectivity index (χ0) is 15.2. The van der Waals surface area contributed by atoms with E-state index in [1.165, 1.54) is 0 Å². The van der Waals surface area contributed by atoms with E-state index in [-0.39, 0.29) is 18.4 Å². The van der Waals surface area contributed by atoms with Gasteiger partial charge >= 0.3 is 5.97 Å². The summed E-state index contributed by atoms with van der Waals surface area (Å²) in [5.41, 5.74) is 0.885. The Morgan fingerprint density at radius 1 is 1.48 bits per heavy atom. The molecule has 0 aliphatic carbocycles. The predicted octanol–water partition coefficient (Wildman–Crippen LogP) is 1.62. The molecule has 0 radical (unpaired) electrons. The molecule has 2 atom stereocenters. The molecule has 1 aromatic rings. The van der Waals surface area contributed by atoms with Gasteiger partial charge in [-0.2, -0.15) is 0 Å². The summed E-state index contributed by atoms with van der Waals surface area (Å²) < 4.78 is 5.67. The van der Waals surface area contributed by atoms with E-state index < -0.39 is 12.1 Å². The van der Waals surface area contributed by atoms with Crippen molar-refractivity contribution >= 4 is 17.6 Å². The molecular weight excluding hydrogens is 272 g/mol. The highest BCUT2D eigenvalue weighted by atomic mass is 16.5. The standard InChI is InChI=1S/C15H20N2O4/c1-10(5-4-8-14(18)19)17-15(20)13-9-16-11-6-2-3-7-12(11)21-13/h2-3,6-7,10,13,16H,4-5,8-9H2,1H3,(H,17,20)(H,18,19). The quantitative estimate of drug-likeness (QED) is 0.741. The second-order valence-corrected chi connectivity index (χ2v) is 5.18. The molecule has 3 N–H and O–H groups in total. The van der Waals surface area contributed by atoms with Crippen LogP contribution in [0.15, 0.2) is 24.3 Å². The summed E-state index contributed by atoms with van der Waals surface area (Å²) in [4.78, 5) is 22.6. The molecule has 0 saturated heterocycles. The SMILES string of the molecule is CC(CCCC(=O)O)NC(=O)C1CNc2ccccc2O1. The number of amides is 1. The van der Waals surface area contributed by atoms with Crippen molar-refractivity contribution in [3.63, 3.8) is 0 Å².